The third-order valence-corrected chi connectivity index (χ3v) is 6.15. The van der Waals surface area contributed by atoms with Crippen LogP contribution in [-0.2, 0) is 17.7 Å². The van der Waals surface area contributed by atoms with E-state index in [1.807, 2.05) is 24.3 Å². The van der Waals surface area contributed by atoms with Crippen LogP contribution in [0.15, 0.2) is 53.2 Å². The van der Waals surface area contributed by atoms with Gasteiger partial charge in [-0.15, -0.1) is 0 Å². The predicted molar refractivity (Wildman–Crippen MR) is 119 cm³/mol. The highest BCUT2D eigenvalue weighted by Crippen LogP contribution is 2.37. The Labute approximate surface area is 182 Å². The van der Waals surface area contributed by atoms with E-state index in [9.17, 15) is 4.79 Å². The number of morpholine rings is 1. The first-order valence-electron chi connectivity index (χ1n) is 11.0. The molecule has 0 radical (unpaired) electrons. The first-order chi connectivity index (χ1) is 15.2. The van der Waals surface area contributed by atoms with Crippen molar-refractivity contribution in [3.63, 3.8) is 0 Å². The summed E-state index contributed by atoms with van der Waals surface area (Å²) in [5.74, 6) is 2.01. The lowest BCUT2D eigenvalue weighted by atomic mass is 9.99. The molecule has 0 saturated carbocycles. The highest BCUT2D eigenvalue weighted by molar-refractivity contribution is 6.01. The minimum Gasteiger partial charge on any atom is -0.459 e. The van der Waals surface area contributed by atoms with Crippen LogP contribution in [0.4, 0.5) is 0 Å². The van der Waals surface area contributed by atoms with Crippen molar-refractivity contribution in [3.8, 4) is 22.5 Å². The summed E-state index contributed by atoms with van der Waals surface area (Å²) in [6.45, 7) is 7.10. The largest absolute Gasteiger partial charge is 0.459 e. The lowest BCUT2D eigenvalue weighted by molar-refractivity contribution is -0.0950. The van der Waals surface area contributed by atoms with Crippen molar-refractivity contribution in [2.75, 3.05) is 32.8 Å². The zero-order valence-electron chi connectivity index (χ0n) is 17.8. The standard InChI is InChI=1S/C25H27N3O3/c1-2-27(28-11-13-30-14-12-28)17-21-16-23(18-7-9-26-10-8-18)25(31-21)20-3-5-22-19(15-20)4-6-24(22)29/h3,5,7-10,15-16H,2,4,6,11-14,17H2,1H3. The summed E-state index contributed by atoms with van der Waals surface area (Å²) in [7, 11) is 0. The number of fused-ring (bicyclic) bond motifs is 1. The van der Waals surface area contributed by atoms with E-state index in [2.05, 4.69) is 34.1 Å². The zero-order chi connectivity index (χ0) is 21.2. The van der Waals surface area contributed by atoms with Crippen molar-refractivity contribution < 1.29 is 13.9 Å². The van der Waals surface area contributed by atoms with Crippen molar-refractivity contribution in [2.45, 2.75) is 26.3 Å². The van der Waals surface area contributed by atoms with E-state index < -0.39 is 0 Å². The van der Waals surface area contributed by atoms with Crippen LogP contribution in [0.25, 0.3) is 22.5 Å². The average molecular weight is 418 g/mol. The monoisotopic (exact) mass is 417 g/mol. The average Bonchev–Trinajstić information content (AvgIpc) is 3.42. The number of rotatable bonds is 6. The topological polar surface area (TPSA) is 58.8 Å². The third kappa shape index (κ3) is 4.06. The molecule has 1 fully saturated rings. The number of furan rings is 1. The number of carbonyl (C=O) groups excluding carboxylic acids is 1. The van der Waals surface area contributed by atoms with Gasteiger partial charge in [-0.1, -0.05) is 19.1 Å². The van der Waals surface area contributed by atoms with Crippen molar-refractivity contribution in [3.05, 3.63) is 65.7 Å². The van der Waals surface area contributed by atoms with Gasteiger partial charge in [0.25, 0.3) is 0 Å². The SMILES string of the molecule is CCN(Cc1cc(-c2ccncc2)c(-c2ccc3c(c2)CCC3=O)o1)N1CCOCC1. The third-order valence-electron chi connectivity index (χ3n) is 6.15. The molecule has 1 saturated heterocycles. The molecular formula is C25H27N3O3. The number of hydrogen-bond donors (Lipinski definition) is 0. The Hall–Kier alpha value is -2.80. The molecule has 0 spiro atoms. The van der Waals surface area contributed by atoms with Crippen LogP contribution in [0.5, 0.6) is 0 Å². The number of aryl methyl sites for hydroxylation is 1. The maximum absolute atomic E-state index is 12.1. The van der Waals surface area contributed by atoms with E-state index in [4.69, 9.17) is 9.15 Å². The zero-order valence-corrected chi connectivity index (χ0v) is 17.8. The summed E-state index contributed by atoms with van der Waals surface area (Å²) in [6, 6.07) is 12.2. The minimum absolute atomic E-state index is 0.236. The maximum Gasteiger partial charge on any atom is 0.163 e. The minimum atomic E-state index is 0.236. The summed E-state index contributed by atoms with van der Waals surface area (Å²) < 4.78 is 12.0. The highest BCUT2D eigenvalue weighted by atomic mass is 16.5. The fourth-order valence-electron chi connectivity index (χ4n) is 4.51. The Kier molecular flexibility index (Phi) is 5.68. The highest BCUT2D eigenvalue weighted by Gasteiger charge is 2.24. The Morgan fingerprint density at radius 1 is 1.00 bits per heavy atom. The van der Waals surface area contributed by atoms with E-state index in [1.54, 1.807) is 12.4 Å². The Morgan fingerprint density at radius 3 is 2.58 bits per heavy atom. The van der Waals surface area contributed by atoms with Gasteiger partial charge in [-0.2, -0.15) is 0 Å². The van der Waals surface area contributed by atoms with Crippen LogP contribution in [0, 0.1) is 0 Å². The number of hydrogen-bond acceptors (Lipinski definition) is 6. The Bertz CT molecular complexity index is 1070. The molecule has 3 aromatic rings. The number of Topliss-reactive ketones (excluding diaryl/α,β-unsaturated/α-hetero) is 1. The number of pyridine rings is 1. The Morgan fingerprint density at radius 2 is 1.81 bits per heavy atom. The van der Waals surface area contributed by atoms with E-state index in [1.165, 1.54) is 0 Å². The number of benzene rings is 1. The number of nitrogens with zero attached hydrogens (tertiary/aromatic N) is 3. The second-order valence-corrected chi connectivity index (χ2v) is 8.03. The molecule has 6 nitrogen and oxygen atoms in total. The quantitative estimate of drug-likeness (QED) is 0.599. The molecule has 0 unspecified atom stereocenters. The number of aromatic nitrogens is 1. The summed E-state index contributed by atoms with van der Waals surface area (Å²) >= 11 is 0. The summed E-state index contributed by atoms with van der Waals surface area (Å²) in [6.07, 6.45) is 5.02. The molecule has 2 aromatic heterocycles. The normalized spacial score (nSPS) is 16.8. The van der Waals surface area contributed by atoms with E-state index in [0.29, 0.717) is 13.0 Å². The lowest BCUT2D eigenvalue weighted by Gasteiger charge is -2.36. The van der Waals surface area contributed by atoms with Gasteiger partial charge in [0.05, 0.1) is 19.8 Å². The number of ether oxygens (including phenoxy) is 1. The van der Waals surface area contributed by atoms with Crippen molar-refractivity contribution in [1.82, 2.24) is 15.0 Å². The fourth-order valence-corrected chi connectivity index (χ4v) is 4.51. The van der Waals surface area contributed by atoms with Crippen LogP contribution in [0.1, 0.15) is 35.0 Å². The molecule has 5 rings (SSSR count). The first kappa shape index (κ1) is 20.1. The molecule has 0 atom stereocenters. The second-order valence-electron chi connectivity index (χ2n) is 8.03. The van der Waals surface area contributed by atoms with Gasteiger partial charge < -0.3 is 9.15 Å². The molecule has 6 heteroatoms. The van der Waals surface area contributed by atoms with Crippen LogP contribution < -0.4 is 0 Å². The molecule has 0 N–H and O–H groups in total. The lowest BCUT2D eigenvalue weighted by Crippen LogP contribution is -2.48. The van der Waals surface area contributed by atoms with E-state index in [-0.39, 0.29) is 5.78 Å². The number of ketones is 1. The second kappa shape index (κ2) is 8.75. The van der Waals surface area contributed by atoms with Gasteiger partial charge in [0.1, 0.15) is 11.5 Å². The molecule has 2 aliphatic rings. The van der Waals surface area contributed by atoms with Crippen molar-refractivity contribution >= 4 is 5.78 Å². The molecule has 0 bridgehead atoms. The molecular weight excluding hydrogens is 390 g/mol. The van der Waals surface area contributed by atoms with Crippen LogP contribution in [-0.4, -0.2) is 53.6 Å². The molecule has 0 amide bonds. The molecule has 1 aromatic carbocycles. The van der Waals surface area contributed by atoms with E-state index in [0.717, 1.165) is 78.6 Å². The van der Waals surface area contributed by atoms with Crippen LogP contribution in [0.3, 0.4) is 0 Å². The summed E-state index contributed by atoms with van der Waals surface area (Å²) in [4.78, 5) is 16.2. The molecule has 3 heterocycles. The summed E-state index contributed by atoms with van der Waals surface area (Å²) in [5.41, 5.74) is 5.11. The van der Waals surface area contributed by atoms with Gasteiger partial charge in [0.15, 0.2) is 5.78 Å². The molecule has 31 heavy (non-hydrogen) atoms. The predicted octanol–water partition coefficient (Wildman–Crippen LogP) is 4.21. The molecule has 1 aliphatic heterocycles. The van der Waals surface area contributed by atoms with Crippen molar-refractivity contribution in [2.24, 2.45) is 0 Å². The first-order valence-corrected chi connectivity index (χ1v) is 11.0. The van der Waals surface area contributed by atoms with Crippen LogP contribution in [0.2, 0.25) is 0 Å². The number of carbonyl (C=O) groups is 1. The van der Waals surface area contributed by atoms with Gasteiger partial charge in [0.2, 0.25) is 0 Å². The van der Waals surface area contributed by atoms with Gasteiger partial charge in [-0.25, -0.2) is 10.0 Å². The van der Waals surface area contributed by atoms with E-state index >= 15 is 0 Å². The van der Waals surface area contributed by atoms with Gasteiger partial charge in [0, 0.05) is 55.1 Å². The van der Waals surface area contributed by atoms with Crippen molar-refractivity contribution in [1.29, 1.82) is 0 Å². The molecule has 1 aliphatic carbocycles. The molecule has 160 valence electrons. The fraction of sp³-hybridized carbons (Fsp3) is 0.360. The summed E-state index contributed by atoms with van der Waals surface area (Å²) in [5, 5.41) is 4.67. The number of hydrazine groups is 1. The Balaban J connectivity index is 1.51. The van der Waals surface area contributed by atoms with Gasteiger partial charge in [-0.05, 0) is 41.8 Å². The van der Waals surface area contributed by atoms with Gasteiger partial charge in [-0.3, -0.25) is 9.78 Å². The van der Waals surface area contributed by atoms with Gasteiger partial charge >= 0.3 is 0 Å². The maximum atomic E-state index is 12.1. The smallest absolute Gasteiger partial charge is 0.163 e. The van der Waals surface area contributed by atoms with Crippen LogP contribution >= 0.6 is 0 Å².